The van der Waals surface area contributed by atoms with Crippen LogP contribution in [0.1, 0.15) is 34.6 Å². The Morgan fingerprint density at radius 1 is 1.53 bits per heavy atom. The van der Waals surface area contributed by atoms with Gasteiger partial charge in [0.05, 0.1) is 12.1 Å². The number of guanidine groups is 1. The lowest BCUT2D eigenvalue weighted by molar-refractivity contribution is -0.145. The number of piperazine rings is 1. The third kappa shape index (κ3) is 2.90. The van der Waals surface area contributed by atoms with E-state index in [-0.39, 0.29) is 17.5 Å². The van der Waals surface area contributed by atoms with E-state index >= 15 is 0 Å². The van der Waals surface area contributed by atoms with Crippen LogP contribution < -0.4 is 5.73 Å². The van der Waals surface area contributed by atoms with Crippen molar-refractivity contribution in [1.29, 1.82) is 0 Å². The summed E-state index contributed by atoms with van der Waals surface area (Å²) >= 11 is 0. The fourth-order valence-corrected chi connectivity index (χ4v) is 2.59. The second kappa shape index (κ2) is 4.94. The summed E-state index contributed by atoms with van der Waals surface area (Å²) in [6, 6.07) is 0.212. The maximum atomic E-state index is 12.1. The van der Waals surface area contributed by atoms with Crippen molar-refractivity contribution in [2.45, 2.75) is 46.2 Å². The van der Waals surface area contributed by atoms with E-state index in [0.29, 0.717) is 19.0 Å². The third-order valence-corrected chi connectivity index (χ3v) is 2.99. The molecule has 1 aliphatic heterocycles. The van der Waals surface area contributed by atoms with Gasteiger partial charge in [0, 0.05) is 19.1 Å². The average Bonchev–Trinajstić information content (AvgIpc) is 2.14. The Hall–Kier alpha value is -1.26. The van der Waals surface area contributed by atoms with E-state index in [1.54, 1.807) is 0 Å². The van der Waals surface area contributed by atoms with Crippen LogP contribution in [0.25, 0.3) is 0 Å². The number of amides is 1. The van der Waals surface area contributed by atoms with Crippen molar-refractivity contribution in [2.24, 2.45) is 10.7 Å². The molecule has 0 saturated carbocycles. The Bertz CT molecular complexity index is 322. The van der Waals surface area contributed by atoms with Crippen LogP contribution >= 0.6 is 0 Å². The summed E-state index contributed by atoms with van der Waals surface area (Å²) in [7, 11) is 0. The number of rotatable bonds is 2. The molecule has 5 nitrogen and oxygen atoms in total. The van der Waals surface area contributed by atoms with Gasteiger partial charge >= 0.3 is 0 Å². The molecular formula is C12H24N4O. The van der Waals surface area contributed by atoms with Crippen LogP contribution in [0.3, 0.4) is 0 Å². The van der Waals surface area contributed by atoms with Crippen LogP contribution in [-0.4, -0.2) is 52.9 Å². The topological polar surface area (TPSA) is 61.9 Å². The molecule has 0 aliphatic carbocycles. The van der Waals surface area contributed by atoms with Gasteiger partial charge in [0.15, 0.2) is 5.96 Å². The van der Waals surface area contributed by atoms with E-state index in [9.17, 15) is 4.79 Å². The minimum atomic E-state index is -0.211. The van der Waals surface area contributed by atoms with E-state index in [1.165, 1.54) is 0 Å². The molecule has 1 rings (SSSR count). The number of nitrogens with zero attached hydrogens (tertiary/aromatic N) is 3. The van der Waals surface area contributed by atoms with E-state index in [2.05, 4.69) is 18.8 Å². The van der Waals surface area contributed by atoms with Crippen LogP contribution in [0.2, 0.25) is 0 Å². The number of carbonyl (C=O) groups excluding carboxylic acids is 1. The fraction of sp³-hybridized carbons (Fsp3) is 0.833. The molecular weight excluding hydrogens is 216 g/mol. The van der Waals surface area contributed by atoms with Gasteiger partial charge in [-0.3, -0.25) is 9.79 Å². The number of carbonyl (C=O) groups is 1. The molecule has 1 heterocycles. The normalized spacial score (nSPS) is 21.3. The van der Waals surface area contributed by atoms with Crippen LogP contribution in [0.4, 0.5) is 0 Å². The van der Waals surface area contributed by atoms with Gasteiger partial charge in [-0.1, -0.05) is 0 Å². The molecule has 2 N–H and O–H groups in total. The molecule has 1 amide bonds. The summed E-state index contributed by atoms with van der Waals surface area (Å²) in [5.41, 5.74) is 5.66. The van der Waals surface area contributed by atoms with Crippen LogP contribution in [0.5, 0.6) is 0 Å². The highest BCUT2D eigenvalue weighted by atomic mass is 16.2. The monoisotopic (exact) mass is 240 g/mol. The van der Waals surface area contributed by atoms with Crippen LogP contribution in [0, 0.1) is 0 Å². The molecule has 0 bridgehead atoms. The standard InChI is InChI=1S/C12H24N4O/c1-6-14-11(13)15-7-10(17)16(9(2)3)12(4,5)8-15/h9H,6-8H2,1-5H3,(H2,13,14). The molecule has 0 unspecified atom stereocenters. The van der Waals surface area contributed by atoms with Crippen molar-refractivity contribution in [3.8, 4) is 0 Å². The Morgan fingerprint density at radius 3 is 2.53 bits per heavy atom. The molecule has 17 heavy (non-hydrogen) atoms. The molecule has 1 fully saturated rings. The van der Waals surface area contributed by atoms with Crippen LogP contribution in [0.15, 0.2) is 4.99 Å². The maximum Gasteiger partial charge on any atom is 0.242 e. The number of hydrogen-bond donors (Lipinski definition) is 1. The summed E-state index contributed by atoms with van der Waals surface area (Å²) in [5.74, 6) is 0.586. The highest BCUT2D eigenvalue weighted by molar-refractivity contribution is 5.87. The molecule has 98 valence electrons. The number of aliphatic imine (C=N–C) groups is 1. The maximum absolute atomic E-state index is 12.1. The molecule has 0 aromatic rings. The minimum absolute atomic E-state index is 0.116. The van der Waals surface area contributed by atoms with Crippen molar-refractivity contribution in [3.05, 3.63) is 0 Å². The molecule has 0 spiro atoms. The lowest BCUT2D eigenvalue weighted by atomic mass is 9.96. The van der Waals surface area contributed by atoms with Gasteiger partial charge in [-0.05, 0) is 34.6 Å². The predicted octanol–water partition coefficient (Wildman–Crippen LogP) is 0.652. The first-order chi connectivity index (χ1) is 7.79. The molecule has 1 saturated heterocycles. The van der Waals surface area contributed by atoms with E-state index in [1.807, 2.05) is 30.6 Å². The Balaban J connectivity index is 2.90. The zero-order chi connectivity index (χ0) is 13.2. The molecule has 0 aromatic carbocycles. The van der Waals surface area contributed by atoms with Gasteiger partial charge in [0.2, 0.25) is 5.91 Å². The van der Waals surface area contributed by atoms with Crippen molar-refractivity contribution in [1.82, 2.24) is 9.80 Å². The minimum Gasteiger partial charge on any atom is -0.370 e. The molecule has 0 aromatic heterocycles. The molecule has 0 atom stereocenters. The van der Waals surface area contributed by atoms with Crippen molar-refractivity contribution >= 4 is 11.9 Å². The number of hydrogen-bond acceptors (Lipinski definition) is 2. The van der Waals surface area contributed by atoms with E-state index in [4.69, 9.17) is 5.73 Å². The van der Waals surface area contributed by atoms with Gasteiger partial charge in [-0.25, -0.2) is 0 Å². The summed E-state index contributed by atoms with van der Waals surface area (Å²) in [5, 5.41) is 0. The summed E-state index contributed by atoms with van der Waals surface area (Å²) < 4.78 is 0. The smallest absolute Gasteiger partial charge is 0.242 e. The largest absolute Gasteiger partial charge is 0.370 e. The van der Waals surface area contributed by atoms with E-state index < -0.39 is 0 Å². The van der Waals surface area contributed by atoms with E-state index in [0.717, 1.165) is 6.54 Å². The highest BCUT2D eigenvalue weighted by Gasteiger charge is 2.40. The third-order valence-electron chi connectivity index (χ3n) is 2.99. The number of nitrogens with two attached hydrogens (primary N) is 1. The first-order valence-corrected chi connectivity index (χ1v) is 6.16. The Kier molecular flexibility index (Phi) is 4.01. The first kappa shape index (κ1) is 13.8. The van der Waals surface area contributed by atoms with Gasteiger partial charge in [-0.15, -0.1) is 0 Å². The summed E-state index contributed by atoms with van der Waals surface area (Å²) in [6.07, 6.45) is 0. The lowest BCUT2D eigenvalue weighted by Crippen LogP contribution is -2.65. The average molecular weight is 240 g/mol. The zero-order valence-electron chi connectivity index (χ0n) is 11.5. The summed E-state index contributed by atoms with van der Waals surface area (Å²) in [6.45, 7) is 11.8. The fourth-order valence-electron chi connectivity index (χ4n) is 2.59. The van der Waals surface area contributed by atoms with Crippen molar-refractivity contribution in [3.63, 3.8) is 0 Å². The SMILES string of the molecule is CCN=C(N)N1CC(=O)N(C(C)C)C(C)(C)C1. The van der Waals surface area contributed by atoms with Crippen LogP contribution in [-0.2, 0) is 4.79 Å². The van der Waals surface area contributed by atoms with Crippen molar-refractivity contribution < 1.29 is 4.79 Å². The highest BCUT2D eigenvalue weighted by Crippen LogP contribution is 2.24. The Labute approximate surface area is 104 Å². The second-order valence-electron chi connectivity index (χ2n) is 5.36. The first-order valence-electron chi connectivity index (χ1n) is 6.16. The molecule has 0 radical (unpaired) electrons. The van der Waals surface area contributed by atoms with Crippen molar-refractivity contribution in [2.75, 3.05) is 19.6 Å². The Morgan fingerprint density at radius 2 is 2.12 bits per heavy atom. The predicted molar refractivity (Wildman–Crippen MR) is 69.8 cm³/mol. The van der Waals surface area contributed by atoms with Gasteiger partial charge in [0.1, 0.15) is 0 Å². The molecule has 5 heteroatoms. The van der Waals surface area contributed by atoms with Gasteiger partial charge < -0.3 is 15.5 Å². The second-order valence-corrected chi connectivity index (χ2v) is 5.36. The van der Waals surface area contributed by atoms with Gasteiger partial charge in [-0.2, -0.15) is 0 Å². The lowest BCUT2D eigenvalue weighted by Gasteiger charge is -2.49. The quantitative estimate of drug-likeness (QED) is 0.569. The molecule has 1 aliphatic rings. The zero-order valence-corrected chi connectivity index (χ0v) is 11.5. The van der Waals surface area contributed by atoms with Gasteiger partial charge in [0.25, 0.3) is 0 Å². The summed E-state index contributed by atoms with van der Waals surface area (Å²) in [4.78, 5) is 20.1.